The highest BCUT2D eigenvalue weighted by atomic mass is 19.1. The predicted molar refractivity (Wildman–Crippen MR) is 99.6 cm³/mol. The molecule has 1 saturated heterocycles. The van der Waals surface area contributed by atoms with E-state index in [2.05, 4.69) is 20.3 Å². The van der Waals surface area contributed by atoms with E-state index in [0.717, 1.165) is 0 Å². The molecule has 3 N–H and O–H groups in total. The second kappa shape index (κ2) is 7.22. The van der Waals surface area contributed by atoms with Crippen LogP contribution in [-0.4, -0.2) is 74.2 Å². The minimum absolute atomic E-state index is 0.0514. The molecular weight excluding hydrogens is 371 g/mol. The van der Waals surface area contributed by atoms with Crippen LogP contribution in [-0.2, 0) is 9.53 Å². The second-order valence-corrected chi connectivity index (χ2v) is 7.60. The number of aromatic nitrogens is 4. The molecule has 3 rings (SSSR count). The van der Waals surface area contributed by atoms with Crippen LogP contribution in [0.25, 0.3) is 11.2 Å². The molecule has 11 heteroatoms. The Bertz CT molecular complexity index is 888. The number of carbonyl (C=O) groups excluding carboxylic acids is 1. The number of alkyl halides is 1. The fourth-order valence-corrected chi connectivity index (χ4v) is 2.95. The van der Waals surface area contributed by atoms with Gasteiger partial charge in [0, 0.05) is 20.0 Å². The Kier molecular flexibility index (Phi) is 5.26. The summed E-state index contributed by atoms with van der Waals surface area (Å²) < 4.78 is 21.7. The van der Waals surface area contributed by atoms with Gasteiger partial charge < -0.3 is 19.8 Å². The number of nitrogens with one attached hydrogen (secondary N) is 1. The third-order valence-electron chi connectivity index (χ3n) is 4.76. The third kappa shape index (κ3) is 3.29. The SMILES string of the molecule is CC(C)C(=O)Nc1nc(N(C)C)c2ncn([C@@H]3O[C@](C)(CO)[C@@H](O)[C@@H]3F)c2n1. The zero-order valence-corrected chi connectivity index (χ0v) is 16.4. The van der Waals surface area contributed by atoms with Crippen LogP contribution in [0.3, 0.4) is 0 Å². The summed E-state index contributed by atoms with van der Waals surface area (Å²) in [5.41, 5.74) is -0.831. The minimum atomic E-state index is -1.80. The molecule has 0 aliphatic carbocycles. The zero-order chi connectivity index (χ0) is 20.8. The lowest BCUT2D eigenvalue weighted by atomic mass is 9.99. The van der Waals surface area contributed by atoms with Crippen LogP contribution >= 0.6 is 0 Å². The quantitative estimate of drug-likeness (QED) is 0.666. The van der Waals surface area contributed by atoms with Gasteiger partial charge in [0.1, 0.15) is 11.7 Å². The lowest BCUT2D eigenvalue weighted by Crippen LogP contribution is -2.42. The van der Waals surface area contributed by atoms with Crippen molar-refractivity contribution in [2.45, 2.75) is 44.9 Å². The average Bonchev–Trinajstić information content (AvgIpc) is 3.15. The molecule has 1 amide bonds. The number of aliphatic hydroxyl groups excluding tert-OH is 2. The van der Waals surface area contributed by atoms with Gasteiger partial charge in [0.25, 0.3) is 0 Å². The molecule has 10 nitrogen and oxygen atoms in total. The molecule has 2 aromatic rings. The molecule has 4 atom stereocenters. The normalized spacial score (nSPS) is 27.5. The molecule has 0 saturated carbocycles. The number of hydrogen-bond acceptors (Lipinski definition) is 8. The highest BCUT2D eigenvalue weighted by molar-refractivity contribution is 5.92. The summed E-state index contributed by atoms with van der Waals surface area (Å²) in [5.74, 6) is -0.0584. The van der Waals surface area contributed by atoms with E-state index < -0.39 is 30.7 Å². The van der Waals surface area contributed by atoms with E-state index in [9.17, 15) is 19.4 Å². The number of nitrogens with zero attached hydrogens (tertiary/aromatic N) is 5. The number of anilines is 2. The molecule has 1 fully saturated rings. The maximum atomic E-state index is 14.8. The molecule has 28 heavy (non-hydrogen) atoms. The number of imidazole rings is 1. The summed E-state index contributed by atoms with van der Waals surface area (Å²) in [5, 5.41) is 22.3. The summed E-state index contributed by atoms with van der Waals surface area (Å²) in [6.07, 6.45) is -3.22. The van der Waals surface area contributed by atoms with E-state index in [-0.39, 0.29) is 23.4 Å². The van der Waals surface area contributed by atoms with Crippen LogP contribution in [0.2, 0.25) is 0 Å². The lowest BCUT2D eigenvalue weighted by Gasteiger charge is -2.24. The van der Waals surface area contributed by atoms with Crippen molar-refractivity contribution in [3.05, 3.63) is 6.33 Å². The maximum absolute atomic E-state index is 14.8. The summed E-state index contributed by atoms with van der Waals surface area (Å²) in [7, 11) is 3.51. The van der Waals surface area contributed by atoms with E-state index in [4.69, 9.17) is 4.74 Å². The van der Waals surface area contributed by atoms with Crippen molar-refractivity contribution in [2.75, 3.05) is 30.9 Å². The van der Waals surface area contributed by atoms with Crippen LogP contribution in [0.5, 0.6) is 0 Å². The standard InChI is InChI=1S/C17H25FN6O4/c1-8(2)14(27)22-16-20-12(23(4)5)10-13(21-16)24(7-19-10)15-9(18)11(26)17(3,6-25)28-15/h7-9,11,15,25-26H,6H2,1-5H3,(H,20,21,22,27)/t9-,11-,15+,17+/m0/s1. The van der Waals surface area contributed by atoms with Gasteiger partial charge in [-0.3, -0.25) is 14.7 Å². The van der Waals surface area contributed by atoms with Crippen molar-refractivity contribution < 1.29 is 24.1 Å². The fourth-order valence-electron chi connectivity index (χ4n) is 2.95. The number of fused-ring (bicyclic) bond motifs is 1. The molecule has 3 heterocycles. The smallest absolute Gasteiger partial charge is 0.233 e. The molecule has 0 bridgehead atoms. The van der Waals surface area contributed by atoms with Crippen molar-refractivity contribution in [1.82, 2.24) is 19.5 Å². The number of aliphatic hydroxyl groups is 2. The van der Waals surface area contributed by atoms with Crippen LogP contribution < -0.4 is 10.2 Å². The van der Waals surface area contributed by atoms with Gasteiger partial charge in [-0.05, 0) is 6.92 Å². The Morgan fingerprint density at radius 3 is 2.68 bits per heavy atom. The van der Waals surface area contributed by atoms with Crippen molar-refractivity contribution >= 4 is 28.8 Å². The van der Waals surface area contributed by atoms with Crippen molar-refractivity contribution in [2.24, 2.45) is 5.92 Å². The second-order valence-electron chi connectivity index (χ2n) is 7.60. The van der Waals surface area contributed by atoms with Gasteiger partial charge in [-0.25, -0.2) is 9.37 Å². The van der Waals surface area contributed by atoms with Gasteiger partial charge in [0.2, 0.25) is 11.9 Å². The average molecular weight is 396 g/mol. The fraction of sp³-hybridized carbons (Fsp3) is 0.647. The van der Waals surface area contributed by atoms with Crippen LogP contribution in [0.4, 0.5) is 16.2 Å². The Labute approximate surface area is 161 Å². The Balaban J connectivity index is 2.10. The van der Waals surface area contributed by atoms with Gasteiger partial charge in [-0.15, -0.1) is 0 Å². The number of halogens is 1. The summed E-state index contributed by atoms with van der Waals surface area (Å²) in [4.78, 5) is 26.7. The van der Waals surface area contributed by atoms with Gasteiger partial charge in [-0.2, -0.15) is 9.97 Å². The van der Waals surface area contributed by atoms with Crippen LogP contribution in [0.1, 0.15) is 27.0 Å². The first kappa shape index (κ1) is 20.4. The van der Waals surface area contributed by atoms with E-state index in [1.165, 1.54) is 17.8 Å². The van der Waals surface area contributed by atoms with Gasteiger partial charge in [-0.1, -0.05) is 13.8 Å². The van der Waals surface area contributed by atoms with Crippen molar-refractivity contribution in [3.63, 3.8) is 0 Å². The van der Waals surface area contributed by atoms with E-state index in [1.54, 1.807) is 32.8 Å². The van der Waals surface area contributed by atoms with E-state index in [0.29, 0.717) is 11.3 Å². The van der Waals surface area contributed by atoms with Crippen molar-refractivity contribution in [3.8, 4) is 0 Å². The molecule has 0 radical (unpaired) electrons. The number of ether oxygens (including phenoxy) is 1. The van der Waals surface area contributed by atoms with Crippen molar-refractivity contribution in [1.29, 1.82) is 0 Å². The van der Waals surface area contributed by atoms with E-state index in [1.807, 2.05) is 0 Å². The molecule has 0 spiro atoms. The topological polar surface area (TPSA) is 126 Å². The molecule has 154 valence electrons. The highest BCUT2D eigenvalue weighted by Gasteiger charge is 2.53. The minimum Gasteiger partial charge on any atom is -0.393 e. The molecule has 0 aromatic carbocycles. The van der Waals surface area contributed by atoms with Gasteiger partial charge in [0.15, 0.2) is 29.4 Å². The van der Waals surface area contributed by atoms with E-state index >= 15 is 0 Å². The highest BCUT2D eigenvalue weighted by Crippen LogP contribution is 2.40. The van der Waals surface area contributed by atoms with Gasteiger partial charge in [0.05, 0.1) is 12.9 Å². The molecule has 0 unspecified atom stereocenters. The van der Waals surface area contributed by atoms with Crippen LogP contribution in [0.15, 0.2) is 6.33 Å². The predicted octanol–water partition coefficient (Wildman–Crippen LogP) is 0.466. The number of hydrogen-bond donors (Lipinski definition) is 3. The summed E-state index contributed by atoms with van der Waals surface area (Å²) >= 11 is 0. The largest absolute Gasteiger partial charge is 0.393 e. The summed E-state index contributed by atoms with van der Waals surface area (Å²) in [6, 6.07) is 0. The Hall–Kier alpha value is -2.37. The number of amides is 1. The zero-order valence-electron chi connectivity index (χ0n) is 16.4. The molecule has 2 aromatic heterocycles. The first-order valence-corrected chi connectivity index (χ1v) is 8.92. The molecule has 1 aliphatic heterocycles. The number of rotatable bonds is 5. The summed E-state index contributed by atoms with van der Waals surface area (Å²) in [6.45, 7) is 4.35. The number of carbonyl (C=O) groups is 1. The Morgan fingerprint density at radius 1 is 1.46 bits per heavy atom. The van der Waals surface area contributed by atoms with Gasteiger partial charge >= 0.3 is 0 Å². The molecule has 1 aliphatic rings. The lowest BCUT2D eigenvalue weighted by molar-refractivity contribution is -0.118. The third-order valence-corrected chi connectivity index (χ3v) is 4.76. The molecular formula is C17H25FN6O4. The maximum Gasteiger partial charge on any atom is 0.233 e. The monoisotopic (exact) mass is 396 g/mol. The van der Waals surface area contributed by atoms with Crippen LogP contribution in [0, 0.1) is 5.92 Å². The first-order chi connectivity index (χ1) is 13.1. The Morgan fingerprint density at radius 2 is 2.14 bits per heavy atom. The first-order valence-electron chi connectivity index (χ1n) is 8.92.